The molecule has 3 aromatic heterocycles. The van der Waals surface area contributed by atoms with Crippen LogP contribution < -0.4 is 10.3 Å². The topological polar surface area (TPSA) is 98.7 Å². The van der Waals surface area contributed by atoms with Crippen LogP contribution in [0.5, 0.6) is 0 Å². The lowest BCUT2D eigenvalue weighted by Gasteiger charge is -2.39. The summed E-state index contributed by atoms with van der Waals surface area (Å²) in [5.74, 6) is -0.247. The third-order valence-electron chi connectivity index (χ3n) is 5.97. The minimum atomic E-state index is -3.78. The number of nitrogens with one attached hydrogen (secondary N) is 1. The number of nitrogens with zero attached hydrogens (tertiary/aromatic N) is 5. The van der Waals surface area contributed by atoms with Crippen molar-refractivity contribution in [3.05, 3.63) is 47.9 Å². The van der Waals surface area contributed by atoms with Crippen LogP contribution in [0.3, 0.4) is 0 Å². The molecule has 9 nitrogen and oxygen atoms in total. The number of sulfonamides is 1. The molecule has 0 unspecified atom stereocenters. The van der Waals surface area contributed by atoms with Crippen LogP contribution in [0.25, 0.3) is 10.2 Å². The third-order valence-corrected chi connectivity index (χ3v) is 9.52. The third kappa shape index (κ3) is 4.69. The molecule has 5 heterocycles. The predicted octanol–water partition coefficient (Wildman–Crippen LogP) is 2.35. The average Bonchev–Trinajstić information content (AvgIpc) is 3.25. The van der Waals surface area contributed by atoms with E-state index < -0.39 is 10.0 Å². The number of piperazine rings is 1. The number of rotatable bonds is 5. The Labute approximate surface area is 201 Å². The number of carbonyl (C=O) groups excluding carboxylic acids is 1. The van der Waals surface area contributed by atoms with Crippen LogP contribution in [-0.4, -0.2) is 72.4 Å². The Morgan fingerprint density at radius 1 is 1.06 bits per heavy atom. The summed E-state index contributed by atoms with van der Waals surface area (Å²) in [6, 6.07) is 9.13. The Morgan fingerprint density at radius 2 is 1.82 bits per heavy atom. The van der Waals surface area contributed by atoms with E-state index in [1.807, 2.05) is 12.1 Å². The normalized spacial score (nSPS) is 18.9. The van der Waals surface area contributed by atoms with Gasteiger partial charge in [-0.1, -0.05) is 11.6 Å². The highest BCUT2D eigenvalue weighted by Crippen LogP contribution is 2.31. The predicted molar refractivity (Wildman–Crippen MR) is 128 cm³/mol. The molecule has 2 fully saturated rings. The molecule has 5 rings (SSSR count). The van der Waals surface area contributed by atoms with Crippen molar-refractivity contribution in [1.29, 1.82) is 0 Å². The molecule has 2 aliphatic heterocycles. The quantitative estimate of drug-likeness (QED) is 0.530. The molecule has 3 aromatic rings. The van der Waals surface area contributed by atoms with E-state index in [2.05, 4.69) is 20.3 Å². The maximum atomic E-state index is 13.1. The van der Waals surface area contributed by atoms with Gasteiger partial charge < -0.3 is 4.90 Å². The van der Waals surface area contributed by atoms with Gasteiger partial charge >= 0.3 is 0 Å². The number of hydrazine groups is 1. The second-order valence-corrected chi connectivity index (χ2v) is 11.7. The molecule has 33 heavy (non-hydrogen) atoms. The summed E-state index contributed by atoms with van der Waals surface area (Å²) in [6.07, 6.45) is 5.36. The number of hydrogen-bond acceptors (Lipinski definition) is 8. The number of halogens is 1. The molecular formula is C21H23ClN6O3S2. The molecule has 2 saturated heterocycles. The maximum Gasteiger partial charge on any atom is 0.253 e. The van der Waals surface area contributed by atoms with E-state index in [-0.39, 0.29) is 29.2 Å². The Balaban J connectivity index is 1.19. The summed E-state index contributed by atoms with van der Waals surface area (Å²) in [7, 11) is -3.78. The van der Waals surface area contributed by atoms with Crippen molar-refractivity contribution < 1.29 is 13.2 Å². The van der Waals surface area contributed by atoms with Gasteiger partial charge in [-0.2, -0.15) is 4.31 Å². The van der Waals surface area contributed by atoms with Crippen molar-refractivity contribution in [2.45, 2.75) is 23.1 Å². The molecule has 174 valence electrons. The standard InChI is InChI=1S/C21H23ClN6O3S2/c22-18-2-1-15-13-20(32-21(15)24-18)33(30,31)27-11-12-28(19(29)14-27)25-16-5-9-26(10-6-16)17-3-7-23-8-4-17/h1-4,7-8,13,16,25H,5-6,9-12,14H2. The summed E-state index contributed by atoms with van der Waals surface area (Å²) >= 11 is 6.99. The Hall–Kier alpha value is -2.31. The van der Waals surface area contributed by atoms with Crippen LogP contribution in [-0.2, 0) is 14.8 Å². The lowest BCUT2D eigenvalue weighted by molar-refractivity contribution is -0.138. The molecule has 0 atom stereocenters. The highest BCUT2D eigenvalue weighted by molar-refractivity contribution is 7.91. The fraction of sp³-hybridized carbons (Fsp3) is 0.381. The van der Waals surface area contributed by atoms with Crippen LogP contribution >= 0.6 is 22.9 Å². The first-order valence-corrected chi connectivity index (χ1v) is 13.3. The molecule has 1 N–H and O–H groups in total. The van der Waals surface area contributed by atoms with E-state index in [1.165, 1.54) is 4.31 Å². The highest BCUT2D eigenvalue weighted by Gasteiger charge is 2.35. The van der Waals surface area contributed by atoms with Gasteiger partial charge in [0.15, 0.2) is 0 Å². The number of piperidine rings is 1. The van der Waals surface area contributed by atoms with Gasteiger partial charge in [0.2, 0.25) is 0 Å². The van der Waals surface area contributed by atoms with Gasteiger partial charge in [-0.3, -0.25) is 14.8 Å². The first-order chi connectivity index (χ1) is 15.9. The van der Waals surface area contributed by atoms with Gasteiger partial charge in [0, 0.05) is 49.1 Å². The molecular weight excluding hydrogens is 484 g/mol. The van der Waals surface area contributed by atoms with Gasteiger partial charge in [-0.15, -0.1) is 11.3 Å². The summed E-state index contributed by atoms with van der Waals surface area (Å²) in [4.78, 5) is 23.9. The molecule has 0 radical (unpaired) electrons. The summed E-state index contributed by atoms with van der Waals surface area (Å²) in [5.41, 5.74) is 4.47. The molecule has 0 aromatic carbocycles. The molecule has 1 amide bonds. The number of fused-ring (bicyclic) bond motifs is 1. The Kier molecular flexibility index (Phi) is 6.23. The number of hydrogen-bond donors (Lipinski definition) is 1. The minimum Gasteiger partial charge on any atom is -0.371 e. The molecule has 0 spiro atoms. The zero-order valence-electron chi connectivity index (χ0n) is 17.7. The largest absolute Gasteiger partial charge is 0.371 e. The summed E-state index contributed by atoms with van der Waals surface area (Å²) < 4.78 is 27.7. The van der Waals surface area contributed by atoms with Crippen LogP contribution in [0.2, 0.25) is 5.15 Å². The van der Waals surface area contributed by atoms with Crippen LogP contribution in [0.4, 0.5) is 5.69 Å². The fourth-order valence-corrected chi connectivity index (χ4v) is 7.23. The van der Waals surface area contributed by atoms with E-state index in [0.717, 1.165) is 43.0 Å². The SMILES string of the molecule is O=C1CN(S(=O)(=O)c2cc3ccc(Cl)nc3s2)CCN1NC1CCN(c2ccncc2)CC1. The van der Waals surface area contributed by atoms with Gasteiger partial charge in [0.1, 0.15) is 14.2 Å². The minimum absolute atomic E-state index is 0.171. The lowest BCUT2D eigenvalue weighted by Crippen LogP contribution is -2.60. The van der Waals surface area contributed by atoms with Crippen molar-refractivity contribution in [1.82, 2.24) is 24.7 Å². The number of amides is 1. The van der Waals surface area contributed by atoms with Crippen molar-refractivity contribution in [3.8, 4) is 0 Å². The van der Waals surface area contributed by atoms with Crippen molar-refractivity contribution in [2.75, 3.05) is 37.6 Å². The summed E-state index contributed by atoms with van der Waals surface area (Å²) in [5, 5.41) is 2.60. The van der Waals surface area contributed by atoms with Gasteiger partial charge in [-0.05, 0) is 43.2 Å². The summed E-state index contributed by atoms with van der Waals surface area (Å²) in [6.45, 7) is 2.12. The molecule has 0 saturated carbocycles. The number of carbonyl (C=O) groups is 1. The molecule has 0 bridgehead atoms. The van der Waals surface area contributed by atoms with E-state index >= 15 is 0 Å². The van der Waals surface area contributed by atoms with Crippen LogP contribution in [0, 0.1) is 0 Å². The van der Waals surface area contributed by atoms with E-state index in [1.54, 1.807) is 35.6 Å². The van der Waals surface area contributed by atoms with Crippen molar-refractivity contribution in [3.63, 3.8) is 0 Å². The zero-order chi connectivity index (χ0) is 23.0. The van der Waals surface area contributed by atoms with Gasteiger partial charge in [0.25, 0.3) is 15.9 Å². The number of aromatic nitrogens is 2. The van der Waals surface area contributed by atoms with Gasteiger partial charge in [0.05, 0.1) is 13.1 Å². The number of anilines is 1. The second-order valence-electron chi connectivity index (χ2n) is 8.07. The molecule has 12 heteroatoms. The fourth-order valence-electron chi connectivity index (χ4n) is 4.16. The second kappa shape index (κ2) is 9.15. The van der Waals surface area contributed by atoms with Crippen LogP contribution in [0.15, 0.2) is 46.9 Å². The zero-order valence-corrected chi connectivity index (χ0v) is 20.1. The Bertz CT molecular complexity index is 1260. The van der Waals surface area contributed by atoms with Gasteiger partial charge in [-0.25, -0.2) is 18.8 Å². The monoisotopic (exact) mass is 506 g/mol. The van der Waals surface area contributed by atoms with Crippen molar-refractivity contribution >= 4 is 54.8 Å². The highest BCUT2D eigenvalue weighted by atomic mass is 35.5. The smallest absolute Gasteiger partial charge is 0.253 e. The van der Waals surface area contributed by atoms with Crippen molar-refractivity contribution in [2.24, 2.45) is 0 Å². The lowest BCUT2D eigenvalue weighted by atomic mass is 10.1. The molecule has 2 aliphatic rings. The average molecular weight is 507 g/mol. The Morgan fingerprint density at radius 3 is 2.55 bits per heavy atom. The first-order valence-electron chi connectivity index (χ1n) is 10.7. The van der Waals surface area contributed by atoms with E-state index in [9.17, 15) is 13.2 Å². The number of pyridine rings is 2. The number of thiophene rings is 1. The maximum absolute atomic E-state index is 13.1. The van der Waals surface area contributed by atoms with E-state index in [4.69, 9.17) is 11.6 Å². The van der Waals surface area contributed by atoms with E-state index in [0.29, 0.717) is 21.9 Å². The van der Waals surface area contributed by atoms with Crippen LogP contribution in [0.1, 0.15) is 12.8 Å². The first kappa shape index (κ1) is 22.5. The molecule has 0 aliphatic carbocycles.